The number of ether oxygens (including phenoxy) is 1. The van der Waals surface area contributed by atoms with Gasteiger partial charge in [0.05, 0.1) is 6.61 Å². The topological polar surface area (TPSA) is 34.1 Å². The van der Waals surface area contributed by atoms with E-state index in [9.17, 15) is 0 Å². The van der Waals surface area contributed by atoms with Crippen LogP contribution in [0.2, 0.25) is 0 Å². The maximum atomic E-state index is 5.48. The van der Waals surface area contributed by atoms with Crippen LogP contribution in [0.25, 0.3) is 0 Å². The summed E-state index contributed by atoms with van der Waals surface area (Å²) < 4.78 is 5.48. The van der Waals surface area contributed by atoms with E-state index < -0.39 is 0 Å². The molecule has 1 N–H and O–H groups in total. The monoisotopic (exact) mass is 194 g/mol. The Labute approximate surface area is 85.5 Å². The van der Waals surface area contributed by atoms with Gasteiger partial charge in [-0.25, -0.2) is 0 Å². The molecule has 0 amide bonds. The summed E-state index contributed by atoms with van der Waals surface area (Å²) in [7, 11) is 0. The molecular weight excluding hydrogens is 176 g/mol. The summed E-state index contributed by atoms with van der Waals surface area (Å²) >= 11 is 0. The SMILES string of the molecule is CCCCOc1cccc(NCC)n1. The highest BCUT2D eigenvalue weighted by Crippen LogP contribution is 2.11. The average molecular weight is 194 g/mol. The molecule has 14 heavy (non-hydrogen) atoms. The molecule has 0 bridgehead atoms. The summed E-state index contributed by atoms with van der Waals surface area (Å²) in [4.78, 5) is 4.30. The lowest BCUT2D eigenvalue weighted by Crippen LogP contribution is -2.02. The Morgan fingerprint density at radius 3 is 2.93 bits per heavy atom. The van der Waals surface area contributed by atoms with Crippen molar-refractivity contribution in [3.63, 3.8) is 0 Å². The van der Waals surface area contributed by atoms with Crippen molar-refractivity contribution >= 4 is 5.82 Å². The van der Waals surface area contributed by atoms with Gasteiger partial charge in [-0.2, -0.15) is 4.98 Å². The summed E-state index contributed by atoms with van der Waals surface area (Å²) in [5.41, 5.74) is 0. The van der Waals surface area contributed by atoms with Gasteiger partial charge < -0.3 is 10.1 Å². The number of pyridine rings is 1. The number of anilines is 1. The van der Waals surface area contributed by atoms with Crippen LogP contribution in [-0.2, 0) is 0 Å². The summed E-state index contributed by atoms with van der Waals surface area (Å²) in [5, 5.41) is 3.15. The van der Waals surface area contributed by atoms with Gasteiger partial charge in [0.15, 0.2) is 0 Å². The second-order valence-corrected chi connectivity index (χ2v) is 3.09. The zero-order valence-electron chi connectivity index (χ0n) is 8.92. The van der Waals surface area contributed by atoms with Crippen molar-refractivity contribution in [2.75, 3.05) is 18.5 Å². The number of unbranched alkanes of at least 4 members (excludes halogenated alkanes) is 1. The summed E-state index contributed by atoms with van der Waals surface area (Å²) in [6.07, 6.45) is 2.22. The van der Waals surface area contributed by atoms with Crippen molar-refractivity contribution in [1.29, 1.82) is 0 Å². The average Bonchev–Trinajstić information content (AvgIpc) is 2.19. The Morgan fingerprint density at radius 2 is 2.21 bits per heavy atom. The second kappa shape index (κ2) is 6.24. The van der Waals surface area contributed by atoms with Crippen molar-refractivity contribution in [1.82, 2.24) is 4.98 Å². The third-order valence-electron chi connectivity index (χ3n) is 1.83. The highest BCUT2D eigenvalue weighted by atomic mass is 16.5. The number of aromatic nitrogens is 1. The van der Waals surface area contributed by atoms with Crippen molar-refractivity contribution in [2.24, 2.45) is 0 Å². The molecule has 0 unspecified atom stereocenters. The van der Waals surface area contributed by atoms with Crippen LogP contribution in [0, 0.1) is 0 Å². The lowest BCUT2D eigenvalue weighted by Gasteiger charge is -2.06. The Hall–Kier alpha value is -1.25. The molecule has 3 nitrogen and oxygen atoms in total. The van der Waals surface area contributed by atoms with Crippen LogP contribution in [0.15, 0.2) is 18.2 Å². The maximum Gasteiger partial charge on any atom is 0.215 e. The van der Waals surface area contributed by atoms with Gasteiger partial charge >= 0.3 is 0 Å². The Morgan fingerprint density at radius 1 is 1.36 bits per heavy atom. The minimum absolute atomic E-state index is 0.705. The molecule has 0 radical (unpaired) electrons. The van der Waals surface area contributed by atoms with E-state index in [4.69, 9.17) is 4.74 Å². The molecule has 1 heterocycles. The smallest absolute Gasteiger partial charge is 0.215 e. The van der Waals surface area contributed by atoms with Crippen LogP contribution in [0.1, 0.15) is 26.7 Å². The van der Waals surface area contributed by atoms with Gasteiger partial charge in [0.1, 0.15) is 5.82 Å². The molecule has 0 spiro atoms. The number of nitrogens with zero attached hydrogens (tertiary/aromatic N) is 1. The Bertz CT molecular complexity index is 263. The molecule has 78 valence electrons. The van der Waals surface area contributed by atoms with Gasteiger partial charge in [-0.15, -0.1) is 0 Å². The first-order valence-electron chi connectivity index (χ1n) is 5.20. The molecule has 0 aromatic carbocycles. The summed E-state index contributed by atoms with van der Waals surface area (Å²) in [5.74, 6) is 1.58. The Balaban J connectivity index is 2.46. The van der Waals surface area contributed by atoms with E-state index in [0.29, 0.717) is 5.88 Å². The lowest BCUT2D eigenvalue weighted by atomic mass is 10.4. The minimum Gasteiger partial charge on any atom is -0.478 e. The lowest BCUT2D eigenvalue weighted by molar-refractivity contribution is 0.298. The van der Waals surface area contributed by atoms with Crippen LogP contribution in [0.4, 0.5) is 5.82 Å². The molecule has 0 aliphatic rings. The van der Waals surface area contributed by atoms with Gasteiger partial charge in [0.25, 0.3) is 0 Å². The van der Waals surface area contributed by atoms with E-state index in [1.165, 1.54) is 0 Å². The largest absolute Gasteiger partial charge is 0.478 e. The normalized spacial score (nSPS) is 9.86. The van der Waals surface area contributed by atoms with E-state index in [-0.39, 0.29) is 0 Å². The molecule has 1 aromatic rings. The van der Waals surface area contributed by atoms with Crippen LogP contribution in [-0.4, -0.2) is 18.1 Å². The van der Waals surface area contributed by atoms with Gasteiger partial charge in [0.2, 0.25) is 5.88 Å². The standard InChI is InChI=1S/C11H18N2O/c1-3-5-9-14-11-8-6-7-10(13-11)12-4-2/h6-8H,3-5,9H2,1-2H3,(H,12,13). The molecule has 0 saturated heterocycles. The van der Waals surface area contributed by atoms with Gasteiger partial charge in [-0.3, -0.25) is 0 Å². The first kappa shape index (κ1) is 10.8. The maximum absolute atomic E-state index is 5.48. The predicted molar refractivity (Wildman–Crippen MR) is 58.8 cm³/mol. The zero-order valence-corrected chi connectivity index (χ0v) is 8.92. The van der Waals surface area contributed by atoms with Crippen LogP contribution >= 0.6 is 0 Å². The highest BCUT2D eigenvalue weighted by molar-refractivity contribution is 5.36. The minimum atomic E-state index is 0.705. The third-order valence-corrected chi connectivity index (χ3v) is 1.83. The number of rotatable bonds is 6. The molecule has 3 heteroatoms. The van der Waals surface area contributed by atoms with Crippen molar-refractivity contribution in [3.05, 3.63) is 18.2 Å². The molecule has 0 aliphatic heterocycles. The zero-order chi connectivity index (χ0) is 10.2. The number of hydrogen-bond donors (Lipinski definition) is 1. The summed E-state index contributed by atoms with van der Waals surface area (Å²) in [6.45, 7) is 5.82. The quantitative estimate of drug-likeness (QED) is 0.707. The van der Waals surface area contributed by atoms with Gasteiger partial charge in [-0.05, 0) is 19.4 Å². The first-order chi connectivity index (χ1) is 6.86. The van der Waals surface area contributed by atoms with Gasteiger partial charge in [0, 0.05) is 12.6 Å². The van der Waals surface area contributed by atoms with Crippen LogP contribution in [0.5, 0.6) is 5.88 Å². The van der Waals surface area contributed by atoms with Gasteiger partial charge in [-0.1, -0.05) is 19.4 Å². The molecule has 1 aromatic heterocycles. The molecular formula is C11H18N2O. The van der Waals surface area contributed by atoms with E-state index >= 15 is 0 Å². The second-order valence-electron chi connectivity index (χ2n) is 3.09. The highest BCUT2D eigenvalue weighted by Gasteiger charge is 1.96. The number of hydrogen-bond acceptors (Lipinski definition) is 3. The van der Waals surface area contributed by atoms with E-state index in [0.717, 1.165) is 31.8 Å². The molecule has 0 saturated carbocycles. The fraction of sp³-hybridized carbons (Fsp3) is 0.545. The first-order valence-corrected chi connectivity index (χ1v) is 5.20. The van der Waals surface area contributed by atoms with Crippen LogP contribution in [0.3, 0.4) is 0 Å². The number of nitrogens with one attached hydrogen (secondary N) is 1. The fourth-order valence-corrected chi connectivity index (χ4v) is 1.10. The van der Waals surface area contributed by atoms with E-state index in [1.807, 2.05) is 25.1 Å². The molecule has 1 rings (SSSR count). The van der Waals surface area contributed by atoms with Crippen molar-refractivity contribution < 1.29 is 4.74 Å². The molecule has 0 aliphatic carbocycles. The summed E-state index contributed by atoms with van der Waals surface area (Å²) in [6, 6.07) is 5.78. The fourth-order valence-electron chi connectivity index (χ4n) is 1.10. The predicted octanol–water partition coefficient (Wildman–Crippen LogP) is 2.69. The molecule has 0 atom stereocenters. The van der Waals surface area contributed by atoms with E-state index in [1.54, 1.807) is 0 Å². The molecule has 0 fully saturated rings. The third kappa shape index (κ3) is 3.64. The Kier molecular flexibility index (Phi) is 4.83. The van der Waals surface area contributed by atoms with E-state index in [2.05, 4.69) is 17.2 Å². The van der Waals surface area contributed by atoms with Crippen LogP contribution < -0.4 is 10.1 Å². The van der Waals surface area contributed by atoms with Crippen molar-refractivity contribution in [3.8, 4) is 5.88 Å². The van der Waals surface area contributed by atoms with Crippen molar-refractivity contribution in [2.45, 2.75) is 26.7 Å².